The summed E-state index contributed by atoms with van der Waals surface area (Å²) in [6, 6.07) is 13.5. The summed E-state index contributed by atoms with van der Waals surface area (Å²) in [5.74, 6) is -0.993. The molecule has 10 heteroatoms. The summed E-state index contributed by atoms with van der Waals surface area (Å²) in [5, 5.41) is 8.21. The molecule has 0 bridgehead atoms. The van der Waals surface area contributed by atoms with Gasteiger partial charge in [0.05, 0.1) is 18.4 Å². The summed E-state index contributed by atoms with van der Waals surface area (Å²) < 4.78 is 2.83. The molecule has 29 heavy (non-hydrogen) atoms. The van der Waals surface area contributed by atoms with Crippen LogP contribution in [0.15, 0.2) is 48.5 Å². The predicted molar refractivity (Wildman–Crippen MR) is 120 cm³/mol. The molecule has 0 aliphatic carbocycles. The van der Waals surface area contributed by atoms with Crippen molar-refractivity contribution in [2.75, 3.05) is 12.4 Å². The van der Waals surface area contributed by atoms with E-state index in [-0.39, 0.29) is 10.7 Å². The molecule has 1 unspecified atom stereocenters. The third-order valence-corrected chi connectivity index (χ3v) is 4.65. The highest BCUT2D eigenvalue weighted by Gasteiger charge is 2.35. The number of esters is 1. The molecule has 0 heterocycles. The Kier molecular flexibility index (Phi) is 8.10. The number of halogens is 3. The number of benzene rings is 2. The summed E-state index contributed by atoms with van der Waals surface area (Å²) >= 11 is 23.2. The van der Waals surface area contributed by atoms with Crippen LogP contribution in [-0.2, 0) is 4.74 Å². The van der Waals surface area contributed by atoms with Gasteiger partial charge < -0.3 is 20.7 Å². The molecule has 3 N–H and O–H groups in total. The average molecular weight is 475 g/mol. The van der Waals surface area contributed by atoms with Gasteiger partial charge >= 0.3 is 5.97 Å². The van der Waals surface area contributed by atoms with Crippen molar-refractivity contribution in [2.24, 2.45) is 0 Å². The number of aryl methyl sites for hydroxylation is 1. The van der Waals surface area contributed by atoms with Crippen LogP contribution in [0, 0.1) is 6.92 Å². The molecule has 0 spiro atoms. The number of thiocarbonyl (C=S) groups is 1. The van der Waals surface area contributed by atoms with Crippen molar-refractivity contribution in [2.45, 2.75) is 16.9 Å². The fraction of sp³-hybridized carbons (Fsp3) is 0.211. The molecule has 0 fully saturated rings. The van der Waals surface area contributed by atoms with Crippen LogP contribution in [-0.4, -0.2) is 34.1 Å². The monoisotopic (exact) mass is 473 g/mol. The van der Waals surface area contributed by atoms with E-state index in [9.17, 15) is 9.59 Å². The van der Waals surface area contributed by atoms with E-state index in [0.29, 0.717) is 11.3 Å². The smallest absolute Gasteiger partial charge is 0.339 e. The Labute approximate surface area is 188 Å². The maximum atomic E-state index is 12.5. The molecular weight excluding hydrogens is 457 g/mol. The number of ether oxygens (including phenoxy) is 1. The van der Waals surface area contributed by atoms with E-state index in [1.165, 1.54) is 7.11 Å². The van der Waals surface area contributed by atoms with Gasteiger partial charge in [-0.05, 0) is 43.4 Å². The zero-order valence-corrected chi connectivity index (χ0v) is 18.5. The highest BCUT2D eigenvalue weighted by Crippen LogP contribution is 2.29. The molecule has 0 aliphatic heterocycles. The molecule has 1 atom stereocenters. The SMILES string of the molecule is COC(=O)c1ccccc1NC(=S)NC(NC(=O)c1ccc(C)cc1)C(Cl)(Cl)Cl. The van der Waals surface area contributed by atoms with E-state index in [2.05, 4.69) is 16.0 Å². The Balaban J connectivity index is 2.13. The topological polar surface area (TPSA) is 79.5 Å². The third kappa shape index (κ3) is 6.75. The molecule has 154 valence electrons. The predicted octanol–water partition coefficient (Wildman–Crippen LogP) is 4.19. The molecule has 0 saturated carbocycles. The van der Waals surface area contributed by atoms with E-state index in [0.717, 1.165) is 5.56 Å². The molecule has 0 saturated heterocycles. The Morgan fingerprint density at radius 2 is 1.66 bits per heavy atom. The van der Waals surface area contributed by atoms with Gasteiger partial charge in [0.15, 0.2) is 5.11 Å². The van der Waals surface area contributed by atoms with Crippen molar-refractivity contribution < 1.29 is 14.3 Å². The Morgan fingerprint density at radius 3 is 2.24 bits per heavy atom. The van der Waals surface area contributed by atoms with Gasteiger partial charge in [-0.3, -0.25) is 4.79 Å². The average Bonchev–Trinajstić information content (AvgIpc) is 2.67. The number of amides is 1. The van der Waals surface area contributed by atoms with Crippen LogP contribution in [0.3, 0.4) is 0 Å². The van der Waals surface area contributed by atoms with Crippen molar-refractivity contribution in [1.29, 1.82) is 0 Å². The zero-order chi connectivity index (χ0) is 21.6. The van der Waals surface area contributed by atoms with Crippen molar-refractivity contribution >= 4 is 69.7 Å². The molecule has 1 amide bonds. The Hall–Kier alpha value is -2.06. The number of alkyl halides is 3. The molecule has 2 aromatic carbocycles. The second-order valence-electron chi connectivity index (χ2n) is 5.95. The van der Waals surface area contributed by atoms with E-state index in [4.69, 9.17) is 51.8 Å². The largest absolute Gasteiger partial charge is 0.465 e. The van der Waals surface area contributed by atoms with Gasteiger partial charge in [0.25, 0.3) is 5.91 Å². The van der Waals surface area contributed by atoms with E-state index in [1.807, 2.05) is 6.92 Å². The summed E-state index contributed by atoms with van der Waals surface area (Å²) in [7, 11) is 1.27. The van der Waals surface area contributed by atoms with Gasteiger partial charge in [-0.2, -0.15) is 0 Å². The molecule has 0 aromatic heterocycles. The first-order valence-corrected chi connectivity index (χ1v) is 9.85. The fourth-order valence-corrected chi connectivity index (χ4v) is 2.84. The lowest BCUT2D eigenvalue weighted by atomic mass is 10.1. The van der Waals surface area contributed by atoms with Crippen molar-refractivity contribution in [3.63, 3.8) is 0 Å². The molecule has 2 rings (SSSR count). The van der Waals surface area contributed by atoms with Crippen LogP contribution in [0.5, 0.6) is 0 Å². The van der Waals surface area contributed by atoms with Gasteiger partial charge in [0.1, 0.15) is 6.17 Å². The second-order valence-corrected chi connectivity index (χ2v) is 8.73. The van der Waals surface area contributed by atoms with Gasteiger partial charge in [-0.1, -0.05) is 64.6 Å². The van der Waals surface area contributed by atoms with E-state index < -0.39 is 21.8 Å². The highest BCUT2D eigenvalue weighted by molar-refractivity contribution is 7.80. The number of hydrogen-bond acceptors (Lipinski definition) is 4. The van der Waals surface area contributed by atoms with E-state index in [1.54, 1.807) is 48.5 Å². The minimum absolute atomic E-state index is 0.0295. The Morgan fingerprint density at radius 1 is 1.03 bits per heavy atom. The summed E-state index contributed by atoms with van der Waals surface area (Å²) in [4.78, 5) is 24.4. The molecular formula is C19H18Cl3N3O3S. The molecule has 0 radical (unpaired) electrons. The van der Waals surface area contributed by atoms with Crippen LogP contribution >= 0.6 is 47.0 Å². The molecule has 6 nitrogen and oxygen atoms in total. The number of rotatable bonds is 5. The van der Waals surface area contributed by atoms with Crippen molar-refractivity contribution in [3.8, 4) is 0 Å². The maximum Gasteiger partial charge on any atom is 0.339 e. The normalized spacial score (nSPS) is 11.9. The fourth-order valence-electron chi connectivity index (χ4n) is 2.29. The van der Waals surface area contributed by atoms with E-state index >= 15 is 0 Å². The first kappa shape index (κ1) is 23.2. The van der Waals surface area contributed by atoms with Crippen LogP contribution in [0.1, 0.15) is 26.3 Å². The number of anilines is 1. The first-order valence-electron chi connectivity index (χ1n) is 8.31. The van der Waals surface area contributed by atoms with Gasteiger partial charge in [-0.25, -0.2) is 4.79 Å². The van der Waals surface area contributed by atoms with Gasteiger partial charge in [0, 0.05) is 5.56 Å². The summed E-state index contributed by atoms with van der Waals surface area (Å²) in [5.41, 5.74) is 2.07. The zero-order valence-electron chi connectivity index (χ0n) is 15.5. The lowest BCUT2D eigenvalue weighted by Crippen LogP contribution is -2.56. The summed E-state index contributed by atoms with van der Waals surface area (Å²) in [6.07, 6.45) is -1.15. The minimum Gasteiger partial charge on any atom is -0.465 e. The molecule has 0 aliphatic rings. The standard InChI is InChI=1S/C19H18Cl3N3O3S/c1-11-7-9-12(10-8-11)15(26)24-17(19(20,21)22)25-18(29)23-14-6-4-3-5-13(14)16(27)28-2/h3-10,17H,1-2H3,(H,24,26)(H2,23,25,29). The summed E-state index contributed by atoms with van der Waals surface area (Å²) in [6.45, 7) is 1.91. The molecule has 2 aromatic rings. The minimum atomic E-state index is -1.91. The van der Waals surface area contributed by atoms with Gasteiger partial charge in [-0.15, -0.1) is 0 Å². The lowest BCUT2D eigenvalue weighted by Gasteiger charge is -2.28. The highest BCUT2D eigenvalue weighted by atomic mass is 35.6. The number of nitrogens with one attached hydrogen (secondary N) is 3. The van der Waals surface area contributed by atoms with Crippen molar-refractivity contribution in [3.05, 3.63) is 65.2 Å². The first-order chi connectivity index (χ1) is 13.6. The number of carbonyl (C=O) groups excluding carboxylic acids is 2. The maximum absolute atomic E-state index is 12.5. The van der Waals surface area contributed by atoms with Crippen LogP contribution in [0.25, 0.3) is 0 Å². The number of methoxy groups -OCH3 is 1. The van der Waals surface area contributed by atoms with Crippen molar-refractivity contribution in [1.82, 2.24) is 10.6 Å². The lowest BCUT2D eigenvalue weighted by molar-refractivity contribution is 0.0601. The van der Waals surface area contributed by atoms with Crippen LogP contribution in [0.4, 0.5) is 5.69 Å². The number of para-hydroxylation sites is 1. The third-order valence-electron chi connectivity index (χ3n) is 3.77. The van der Waals surface area contributed by atoms with Crippen LogP contribution in [0.2, 0.25) is 0 Å². The Bertz CT molecular complexity index is 902. The van der Waals surface area contributed by atoms with Crippen LogP contribution < -0.4 is 16.0 Å². The number of carbonyl (C=O) groups is 2. The second kappa shape index (κ2) is 10.1. The quantitative estimate of drug-likeness (QED) is 0.261. The van der Waals surface area contributed by atoms with Gasteiger partial charge in [0.2, 0.25) is 3.79 Å². The number of hydrogen-bond donors (Lipinski definition) is 3.